The number of nitrogens with zero attached hydrogens (tertiary/aromatic N) is 4. The van der Waals surface area contributed by atoms with Crippen LogP contribution < -0.4 is 10.2 Å². The van der Waals surface area contributed by atoms with E-state index in [0.29, 0.717) is 0 Å². The first-order valence-corrected chi connectivity index (χ1v) is 24.2. The van der Waals surface area contributed by atoms with E-state index < -0.39 is 0 Å². The van der Waals surface area contributed by atoms with Gasteiger partial charge >= 0.3 is 0 Å². The van der Waals surface area contributed by atoms with Crippen LogP contribution in [0.15, 0.2) is 199 Å². The Bertz CT molecular complexity index is 3680. The standard InChI is InChI=1S/C64H53N5/c1-7-20-45(69(43-23-14-10-15-24-43)44-25-16-11-17-26-44)37-65-54(8-2)40-31-33-46-52(35-40)63(3,4)61-50-29-19-28-49-58(50)57-48(59(46)61)27-18-30-51(57)62-60(49)47-34-32-41(36-53(47)64(62,5)6)55-38-67-56(39-66-55)68-42-21-12-9-13-22-42/h8-39H,7H2,1-6H3,(H,67,68)/b45-20+,54-8-,65-37-. The van der Waals surface area contributed by atoms with Gasteiger partial charge < -0.3 is 10.2 Å². The lowest BCUT2D eigenvalue weighted by molar-refractivity contribution is 0.665. The average Bonchev–Trinajstić information content (AvgIpc) is 3.77. The molecule has 334 valence electrons. The molecular formula is C64H53N5. The molecule has 0 fully saturated rings. The van der Waals surface area contributed by atoms with Crippen molar-refractivity contribution in [3.05, 3.63) is 222 Å². The number of hydrogen-bond donors (Lipinski definition) is 1. The number of fused-ring (bicyclic) bond motifs is 10. The first kappa shape index (κ1) is 42.2. The number of para-hydroxylation sites is 3. The molecule has 0 saturated heterocycles. The Balaban J connectivity index is 0.951. The van der Waals surface area contributed by atoms with Gasteiger partial charge in [0.05, 0.1) is 35.7 Å². The van der Waals surface area contributed by atoms with Gasteiger partial charge in [-0.1, -0.05) is 162 Å². The van der Waals surface area contributed by atoms with E-state index in [4.69, 9.17) is 15.0 Å². The number of aromatic nitrogens is 2. The summed E-state index contributed by atoms with van der Waals surface area (Å²) in [6.07, 6.45) is 11.0. The molecule has 12 rings (SSSR count). The van der Waals surface area contributed by atoms with Crippen LogP contribution in [0.1, 0.15) is 75.8 Å². The highest BCUT2D eigenvalue weighted by Gasteiger charge is 2.43. The second kappa shape index (κ2) is 16.3. The molecule has 1 aromatic heterocycles. The zero-order chi connectivity index (χ0) is 47.0. The number of anilines is 4. The summed E-state index contributed by atoms with van der Waals surface area (Å²) in [4.78, 5) is 17.2. The van der Waals surface area contributed by atoms with Crippen LogP contribution in [-0.4, -0.2) is 16.2 Å². The van der Waals surface area contributed by atoms with Crippen molar-refractivity contribution in [2.75, 3.05) is 10.2 Å². The molecule has 5 heteroatoms. The lowest BCUT2D eigenvalue weighted by atomic mass is 9.75. The van der Waals surface area contributed by atoms with Gasteiger partial charge in [0, 0.05) is 39.0 Å². The van der Waals surface area contributed by atoms with Crippen molar-refractivity contribution in [1.82, 2.24) is 9.97 Å². The second-order valence-corrected chi connectivity index (χ2v) is 19.5. The molecular weight excluding hydrogens is 839 g/mol. The van der Waals surface area contributed by atoms with Crippen LogP contribution in [0.2, 0.25) is 0 Å². The molecule has 2 aliphatic rings. The number of rotatable bonds is 10. The fraction of sp³-hybridized carbons (Fsp3) is 0.141. The van der Waals surface area contributed by atoms with Gasteiger partial charge in [-0.15, -0.1) is 0 Å². The van der Waals surface area contributed by atoms with Crippen LogP contribution in [0.5, 0.6) is 0 Å². The quantitative estimate of drug-likeness (QED) is 0.110. The topological polar surface area (TPSA) is 53.4 Å². The predicted octanol–water partition coefficient (Wildman–Crippen LogP) is 17.0. The van der Waals surface area contributed by atoms with E-state index in [1.807, 2.05) is 48.9 Å². The van der Waals surface area contributed by atoms with Gasteiger partial charge in [-0.3, -0.25) is 9.98 Å². The van der Waals surface area contributed by atoms with Crippen LogP contribution >= 0.6 is 0 Å². The Labute approximate surface area is 404 Å². The summed E-state index contributed by atoms with van der Waals surface area (Å²) < 4.78 is 0. The fourth-order valence-corrected chi connectivity index (χ4v) is 11.7. The van der Waals surface area contributed by atoms with Crippen molar-refractivity contribution in [2.24, 2.45) is 4.99 Å². The van der Waals surface area contributed by atoms with E-state index in [9.17, 15) is 0 Å². The van der Waals surface area contributed by atoms with E-state index >= 15 is 0 Å². The molecule has 0 aliphatic heterocycles. The number of nitrogens with one attached hydrogen (secondary N) is 1. The second-order valence-electron chi connectivity index (χ2n) is 19.5. The van der Waals surface area contributed by atoms with Crippen molar-refractivity contribution >= 4 is 67.1 Å². The molecule has 9 aromatic carbocycles. The van der Waals surface area contributed by atoms with Gasteiger partial charge in [0.15, 0.2) is 0 Å². The van der Waals surface area contributed by atoms with Crippen molar-refractivity contribution in [2.45, 2.75) is 58.8 Å². The minimum atomic E-state index is -0.277. The normalized spacial score (nSPS) is 14.6. The third-order valence-electron chi connectivity index (χ3n) is 14.7. The van der Waals surface area contributed by atoms with Crippen LogP contribution in [0, 0.1) is 0 Å². The van der Waals surface area contributed by atoms with Crippen molar-refractivity contribution in [3.8, 4) is 33.5 Å². The highest BCUT2D eigenvalue weighted by Crippen LogP contribution is 2.61. The SMILES string of the molecule is C\C=C(/N=C\C(=C/CC)N(c1ccccc1)c1ccccc1)c1ccc2c(c1)C(C)(C)c1c-2c2cccc3c4c(c5cccc1c5c23)-c1ccc(-c2cnc(Nc3ccccc3)cn2)cc1C4(C)C. The first-order chi connectivity index (χ1) is 33.7. The summed E-state index contributed by atoms with van der Waals surface area (Å²) in [5.74, 6) is 0.719. The Morgan fingerprint density at radius 1 is 0.594 bits per heavy atom. The molecule has 0 atom stereocenters. The Morgan fingerprint density at radius 3 is 1.70 bits per heavy atom. The van der Waals surface area contributed by atoms with Crippen LogP contribution in [0.25, 0.3) is 71.5 Å². The Kier molecular flexibility index (Phi) is 9.96. The molecule has 10 aromatic rings. The molecule has 1 N–H and O–H groups in total. The molecule has 5 nitrogen and oxygen atoms in total. The van der Waals surface area contributed by atoms with E-state index in [1.165, 1.54) is 76.8 Å². The molecule has 0 amide bonds. The van der Waals surface area contributed by atoms with Crippen LogP contribution in [0.4, 0.5) is 22.9 Å². The molecule has 69 heavy (non-hydrogen) atoms. The molecule has 0 bridgehead atoms. The fourth-order valence-electron chi connectivity index (χ4n) is 11.7. The maximum Gasteiger partial charge on any atom is 0.148 e. The third kappa shape index (κ3) is 6.63. The van der Waals surface area contributed by atoms with E-state index in [-0.39, 0.29) is 10.8 Å². The average molecular weight is 892 g/mol. The highest BCUT2D eigenvalue weighted by atomic mass is 15.2. The lowest BCUT2D eigenvalue weighted by Crippen LogP contribution is -2.17. The summed E-state index contributed by atoms with van der Waals surface area (Å²) in [6, 6.07) is 59.2. The number of allylic oxidation sites excluding steroid dienone is 3. The largest absolute Gasteiger partial charge is 0.339 e. The van der Waals surface area contributed by atoms with Crippen molar-refractivity contribution in [3.63, 3.8) is 0 Å². The van der Waals surface area contributed by atoms with Crippen LogP contribution in [0.3, 0.4) is 0 Å². The van der Waals surface area contributed by atoms with Gasteiger partial charge in [0.1, 0.15) is 5.82 Å². The Hall–Kier alpha value is -8.15. The molecule has 0 spiro atoms. The molecule has 1 heterocycles. The maximum atomic E-state index is 5.27. The molecule has 0 saturated carbocycles. The minimum absolute atomic E-state index is 0.267. The van der Waals surface area contributed by atoms with Crippen molar-refractivity contribution < 1.29 is 0 Å². The molecule has 0 radical (unpaired) electrons. The maximum absolute atomic E-state index is 5.27. The minimum Gasteiger partial charge on any atom is -0.339 e. The lowest BCUT2D eigenvalue weighted by Gasteiger charge is -2.28. The summed E-state index contributed by atoms with van der Waals surface area (Å²) in [5, 5.41) is 11.4. The van der Waals surface area contributed by atoms with Crippen LogP contribution in [-0.2, 0) is 10.8 Å². The number of aliphatic imine (C=N–C) groups is 1. The molecule has 2 aliphatic carbocycles. The summed E-state index contributed by atoms with van der Waals surface area (Å²) >= 11 is 0. The van der Waals surface area contributed by atoms with E-state index in [2.05, 4.69) is 197 Å². The third-order valence-corrected chi connectivity index (χ3v) is 14.7. The predicted molar refractivity (Wildman–Crippen MR) is 292 cm³/mol. The smallest absolute Gasteiger partial charge is 0.148 e. The summed E-state index contributed by atoms with van der Waals surface area (Å²) in [7, 11) is 0. The first-order valence-electron chi connectivity index (χ1n) is 24.2. The zero-order valence-electron chi connectivity index (χ0n) is 40.0. The molecule has 0 unspecified atom stereocenters. The Morgan fingerprint density at radius 2 is 1.14 bits per heavy atom. The van der Waals surface area contributed by atoms with Gasteiger partial charge in [-0.2, -0.15) is 0 Å². The highest BCUT2D eigenvalue weighted by molar-refractivity contribution is 6.33. The monoisotopic (exact) mass is 891 g/mol. The summed E-state index contributed by atoms with van der Waals surface area (Å²) in [6.45, 7) is 13.9. The summed E-state index contributed by atoms with van der Waals surface area (Å²) in [5.41, 5.74) is 18.4. The number of hydrogen-bond acceptors (Lipinski definition) is 5. The van der Waals surface area contributed by atoms with E-state index in [0.717, 1.165) is 57.5 Å². The number of benzene rings is 9. The van der Waals surface area contributed by atoms with Crippen molar-refractivity contribution in [1.29, 1.82) is 0 Å². The van der Waals surface area contributed by atoms with Gasteiger partial charge in [-0.05, 0) is 139 Å². The van der Waals surface area contributed by atoms with Gasteiger partial charge in [-0.25, -0.2) is 4.98 Å². The zero-order valence-corrected chi connectivity index (χ0v) is 40.0. The van der Waals surface area contributed by atoms with Gasteiger partial charge in [0.25, 0.3) is 0 Å². The van der Waals surface area contributed by atoms with Gasteiger partial charge in [0.2, 0.25) is 0 Å². The van der Waals surface area contributed by atoms with E-state index in [1.54, 1.807) is 0 Å².